The third-order valence-electron chi connectivity index (χ3n) is 3.91. The molecule has 1 amide bonds. The average molecular weight is 240 g/mol. The van der Waals surface area contributed by atoms with E-state index in [2.05, 4.69) is 26.1 Å². The van der Waals surface area contributed by atoms with E-state index in [-0.39, 0.29) is 11.3 Å². The monoisotopic (exact) mass is 240 g/mol. The van der Waals surface area contributed by atoms with Crippen molar-refractivity contribution in [3.8, 4) is 0 Å². The molecule has 3 N–H and O–H groups in total. The summed E-state index contributed by atoms with van der Waals surface area (Å²) in [5, 5.41) is 3.15. The molecule has 0 aromatic rings. The Bertz CT molecular complexity index is 251. The fourth-order valence-electron chi connectivity index (χ4n) is 2.61. The lowest BCUT2D eigenvalue weighted by molar-refractivity contribution is -0.122. The Labute approximate surface area is 106 Å². The molecule has 2 unspecified atom stereocenters. The highest BCUT2D eigenvalue weighted by Crippen LogP contribution is 2.27. The SMILES string of the molecule is CC1CCC(NC(=O)CCC(C)(C)CCN)C1. The van der Waals surface area contributed by atoms with E-state index in [9.17, 15) is 4.79 Å². The summed E-state index contributed by atoms with van der Waals surface area (Å²) in [5.41, 5.74) is 5.76. The molecule has 100 valence electrons. The highest BCUT2D eigenvalue weighted by molar-refractivity contribution is 5.76. The van der Waals surface area contributed by atoms with Crippen molar-refractivity contribution in [3.63, 3.8) is 0 Å². The lowest BCUT2D eigenvalue weighted by Gasteiger charge is -2.23. The molecule has 1 rings (SSSR count). The van der Waals surface area contributed by atoms with E-state index in [1.54, 1.807) is 0 Å². The van der Waals surface area contributed by atoms with E-state index < -0.39 is 0 Å². The fraction of sp³-hybridized carbons (Fsp3) is 0.929. The summed E-state index contributed by atoms with van der Waals surface area (Å²) < 4.78 is 0. The van der Waals surface area contributed by atoms with Crippen molar-refractivity contribution in [3.05, 3.63) is 0 Å². The second-order valence-electron chi connectivity index (χ2n) is 6.39. The van der Waals surface area contributed by atoms with Gasteiger partial charge in [-0.1, -0.05) is 20.8 Å². The zero-order chi connectivity index (χ0) is 12.9. The van der Waals surface area contributed by atoms with Gasteiger partial charge in [-0.2, -0.15) is 0 Å². The summed E-state index contributed by atoms with van der Waals surface area (Å²) in [4.78, 5) is 11.8. The molecule has 0 radical (unpaired) electrons. The zero-order valence-corrected chi connectivity index (χ0v) is 11.6. The first-order valence-corrected chi connectivity index (χ1v) is 6.92. The maximum absolute atomic E-state index is 11.8. The number of carbonyl (C=O) groups is 1. The van der Waals surface area contributed by atoms with Crippen LogP contribution < -0.4 is 11.1 Å². The molecule has 2 atom stereocenters. The van der Waals surface area contributed by atoms with Crippen LogP contribution in [0.2, 0.25) is 0 Å². The minimum atomic E-state index is 0.190. The lowest BCUT2D eigenvalue weighted by Crippen LogP contribution is -2.33. The van der Waals surface area contributed by atoms with E-state index in [0.29, 0.717) is 19.0 Å². The van der Waals surface area contributed by atoms with E-state index in [4.69, 9.17) is 5.73 Å². The molecular weight excluding hydrogens is 212 g/mol. The molecule has 0 saturated heterocycles. The van der Waals surface area contributed by atoms with Gasteiger partial charge < -0.3 is 11.1 Å². The number of nitrogens with two attached hydrogens (primary N) is 1. The number of rotatable bonds is 6. The van der Waals surface area contributed by atoms with Crippen LogP contribution in [0.15, 0.2) is 0 Å². The molecule has 0 spiro atoms. The van der Waals surface area contributed by atoms with Crippen LogP contribution in [-0.2, 0) is 4.79 Å². The molecule has 0 heterocycles. The Balaban J connectivity index is 2.21. The molecule has 3 nitrogen and oxygen atoms in total. The highest BCUT2D eigenvalue weighted by atomic mass is 16.1. The van der Waals surface area contributed by atoms with Crippen LogP contribution in [0.4, 0.5) is 0 Å². The van der Waals surface area contributed by atoms with Crippen LogP contribution in [0.5, 0.6) is 0 Å². The Morgan fingerprint density at radius 2 is 2.06 bits per heavy atom. The summed E-state index contributed by atoms with van der Waals surface area (Å²) in [6, 6.07) is 0.426. The van der Waals surface area contributed by atoms with Crippen LogP contribution in [0.25, 0.3) is 0 Å². The van der Waals surface area contributed by atoms with Crippen LogP contribution in [-0.4, -0.2) is 18.5 Å². The van der Waals surface area contributed by atoms with Crippen molar-refractivity contribution in [1.82, 2.24) is 5.32 Å². The first kappa shape index (κ1) is 14.5. The predicted molar refractivity (Wildman–Crippen MR) is 71.6 cm³/mol. The van der Waals surface area contributed by atoms with Crippen LogP contribution in [0.3, 0.4) is 0 Å². The molecule has 0 bridgehead atoms. The van der Waals surface area contributed by atoms with Gasteiger partial charge in [0.15, 0.2) is 0 Å². The summed E-state index contributed by atoms with van der Waals surface area (Å²) in [5.74, 6) is 0.989. The maximum Gasteiger partial charge on any atom is 0.220 e. The first-order chi connectivity index (χ1) is 7.93. The summed E-state index contributed by atoms with van der Waals surface area (Å²) >= 11 is 0. The second kappa shape index (κ2) is 6.39. The quantitative estimate of drug-likeness (QED) is 0.749. The van der Waals surface area contributed by atoms with Gasteiger partial charge in [0.1, 0.15) is 0 Å². The highest BCUT2D eigenvalue weighted by Gasteiger charge is 2.24. The van der Waals surface area contributed by atoms with Crippen LogP contribution in [0.1, 0.15) is 59.3 Å². The molecule has 0 aliphatic heterocycles. The number of carbonyl (C=O) groups excluding carboxylic acids is 1. The van der Waals surface area contributed by atoms with Gasteiger partial charge >= 0.3 is 0 Å². The third kappa shape index (κ3) is 5.53. The second-order valence-corrected chi connectivity index (χ2v) is 6.39. The molecule has 0 aromatic heterocycles. The molecule has 0 aromatic carbocycles. The molecule has 1 saturated carbocycles. The van der Waals surface area contributed by atoms with Gasteiger partial charge in [-0.05, 0) is 50.0 Å². The normalized spacial score (nSPS) is 24.9. The fourth-order valence-corrected chi connectivity index (χ4v) is 2.61. The van der Waals surface area contributed by atoms with Crippen molar-refractivity contribution < 1.29 is 4.79 Å². The van der Waals surface area contributed by atoms with Gasteiger partial charge in [0.05, 0.1) is 0 Å². The summed E-state index contributed by atoms with van der Waals surface area (Å²) in [6.07, 6.45) is 6.11. The van der Waals surface area contributed by atoms with Crippen molar-refractivity contribution in [2.24, 2.45) is 17.1 Å². The van der Waals surface area contributed by atoms with Crippen molar-refractivity contribution >= 4 is 5.91 Å². The molecule has 17 heavy (non-hydrogen) atoms. The minimum Gasteiger partial charge on any atom is -0.353 e. The molecule has 1 fully saturated rings. The molecule has 1 aliphatic carbocycles. The van der Waals surface area contributed by atoms with E-state index in [0.717, 1.165) is 31.6 Å². The van der Waals surface area contributed by atoms with Gasteiger partial charge in [-0.15, -0.1) is 0 Å². The maximum atomic E-state index is 11.8. The summed E-state index contributed by atoms with van der Waals surface area (Å²) in [6.45, 7) is 7.33. The number of nitrogens with one attached hydrogen (secondary N) is 1. The van der Waals surface area contributed by atoms with Gasteiger partial charge in [-0.3, -0.25) is 4.79 Å². The average Bonchev–Trinajstić information content (AvgIpc) is 2.61. The van der Waals surface area contributed by atoms with Gasteiger partial charge in [-0.25, -0.2) is 0 Å². The van der Waals surface area contributed by atoms with Crippen molar-refractivity contribution in [2.45, 2.75) is 65.3 Å². The van der Waals surface area contributed by atoms with Gasteiger partial charge in [0.2, 0.25) is 5.91 Å². The number of hydrogen-bond acceptors (Lipinski definition) is 2. The Hall–Kier alpha value is -0.570. The molecule has 1 aliphatic rings. The van der Waals surface area contributed by atoms with Crippen molar-refractivity contribution in [2.75, 3.05) is 6.54 Å². The topological polar surface area (TPSA) is 55.1 Å². The Kier molecular flexibility index (Phi) is 5.44. The molecule has 3 heteroatoms. The summed E-state index contributed by atoms with van der Waals surface area (Å²) in [7, 11) is 0. The molecular formula is C14H28N2O. The van der Waals surface area contributed by atoms with E-state index in [1.807, 2.05) is 0 Å². The van der Waals surface area contributed by atoms with Gasteiger partial charge in [0.25, 0.3) is 0 Å². The van der Waals surface area contributed by atoms with Crippen molar-refractivity contribution in [1.29, 1.82) is 0 Å². The smallest absolute Gasteiger partial charge is 0.220 e. The van der Waals surface area contributed by atoms with E-state index >= 15 is 0 Å². The predicted octanol–water partition coefficient (Wildman–Crippen LogP) is 2.45. The number of hydrogen-bond donors (Lipinski definition) is 2. The van der Waals surface area contributed by atoms with Gasteiger partial charge in [0, 0.05) is 12.5 Å². The third-order valence-corrected chi connectivity index (χ3v) is 3.91. The first-order valence-electron chi connectivity index (χ1n) is 6.92. The lowest BCUT2D eigenvalue weighted by atomic mass is 9.84. The largest absolute Gasteiger partial charge is 0.353 e. The van der Waals surface area contributed by atoms with Crippen LogP contribution in [0, 0.1) is 11.3 Å². The van der Waals surface area contributed by atoms with E-state index in [1.165, 1.54) is 6.42 Å². The number of amides is 1. The zero-order valence-electron chi connectivity index (χ0n) is 11.6. The van der Waals surface area contributed by atoms with Crippen LogP contribution >= 0.6 is 0 Å². The standard InChI is InChI=1S/C14H28N2O/c1-11-4-5-12(10-11)16-13(17)6-7-14(2,3)8-9-15/h11-12H,4-10,15H2,1-3H3,(H,16,17). The Morgan fingerprint density at radius 3 is 2.59 bits per heavy atom. The Morgan fingerprint density at radius 1 is 1.35 bits per heavy atom. The minimum absolute atomic E-state index is 0.190.